The monoisotopic (exact) mass is 1210 g/mol. The number of ether oxygens (including phenoxy) is 6. The van der Waals surface area contributed by atoms with Crippen LogP contribution in [0.1, 0.15) is 0 Å². The molecule has 10 aromatic rings. The number of sulfone groups is 3. The second-order valence-electron chi connectivity index (χ2n) is 16.8. The summed E-state index contributed by atoms with van der Waals surface area (Å²) < 4.78 is 118. The Morgan fingerprint density at radius 1 is 0.208 bits per heavy atom. The van der Waals surface area contributed by atoms with Gasteiger partial charge in [0.05, 0.1) is 29.4 Å². The van der Waals surface area contributed by atoms with Crippen LogP contribution in [0.25, 0.3) is 0 Å². The van der Waals surface area contributed by atoms with Gasteiger partial charge in [0.15, 0.2) is 0 Å². The largest absolute Gasteiger partial charge is 0.457 e. The Labute approximate surface area is 461 Å². The summed E-state index contributed by atoms with van der Waals surface area (Å²) in [6, 6.07) is 65.0. The number of rotatable bonds is 18. The standard InChI is InChI=1S/C60H40Br2O12S3/c61-41-4-6-43(7-5-41)69-48-16-28-55(29-17-48)75(63,64)56-30-18-49(19-31-56)70-44-8-10-45(11-9-44)71-50-20-32-57(33-21-50)76(65,66)58-34-22-51(23-35-58)72-46-12-14-47(15-13-46)73-52-24-36-59(37-25-52)77(67,68)60-38-26-53(27-39-60)74-54-3-1-2-42(62)40-54/h1-40H. The van der Waals surface area contributed by atoms with Gasteiger partial charge in [-0.15, -0.1) is 0 Å². The zero-order valence-corrected chi connectivity index (χ0v) is 45.6. The summed E-state index contributed by atoms with van der Waals surface area (Å²) in [7, 11) is -11.5. The molecule has 0 fully saturated rings. The predicted octanol–water partition coefficient (Wildman–Crippen LogP) is 16.5. The second kappa shape index (κ2) is 22.6. The van der Waals surface area contributed by atoms with Crippen LogP contribution in [-0.2, 0) is 29.5 Å². The Balaban J connectivity index is 0.685. The summed E-state index contributed by atoms with van der Waals surface area (Å²) in [6.07, 6.45) is 0. The summed E-state index contributed by atoms with van der Waals surface area (Å²) in [5.74, 6) is 5.83. The minimum Gasteiger partial charge on any atom is -0.457 e. The van der Waals surface area contributed by atoms with Crippen molar-refractivity contribution in [3.05, 3.63) is 252 Å². The zero-order chi connectivity index (χ0) is 53.6. The van der Waals surface area contributed by atoms with Crippen molar-refractivity contribution in [3.63, 3.8) is 0 Å². The van der Waals surface area contributed by atoms with E-state index in [1.807, 2.05) is 30.3 Å². The first-order chi connectivity index (χ1) is 37.1. The van der Waals surface area contributed by atoms with E-state index in [2.05, 4.69) is 31.9 Å². The zero-order valence-electron chi connectivity index (χ0n) is 40.0. The normalized spacial score (nSPS) is 11.6. The van der Waals surface area contributed by atoms with Crippen molar-refractivity contribution >= 4 is 61.4 Å². The van der Waals surface area contributed by atoms with Crippen molar-refractivity contribution in [1.29, 1.82) is 0 Å². The smallest absolute Gasteiger partial charge is 0.206 e. The van der Waals surface area contributed by atoms with Crippen LogP contribution in [0.2, 0.25) is 0 Å². The van der Waals surface area contributed by atoms with E-state index in [4.69, 9.17) is 28.4 Å². The Hall–Kier alpha value is -8.19. The molecule has 0 bridgehead atoms. The van der Waals surface area contributed by atoms with Crippen molar-refractivity contribution in [2.24, 2.45) is 0 Å². The van der Waals surface area contributed by atoms with Crippen LogP contribution in [0.3, 0.4) is 0 Å². The summed E-state index contributed by atoms with van der Waals surface area (Å²) in [6.45, 7) is 0. The molecule has 0 saturated carbocycles. The molecule has 0 aliphatic carbocycles. The molecule has 17 heteroatoms. The molecule has 10 rings (SSSR count). The van der Waals surface area contributed by atoms with Crippen LogP contribution in [0, 0.1) is 0 Å². The summed E-state index contributed by atoms with van der Waals surface area (Å²) in [4.78, 5) is 0.600. The van der Waals surface area contributed by atoms with E-state index in [9.17, 15) is 25.3 Å². The quantitative estimate of drug-likeness (QED) is 0.0802. The van der Waals surface area contributed by atoms with Crippen molar-refractivity contribution in [2.45, 2.75) is 29.4 Å². The maximum absolute atomic E-state index is 13.6. The fourth-order valence-electron chi connectivity index (χ4n) is 7.53. The average Bonchev–Trinajstić information content (AvgIpc) is 3.44. The first kappa shape index (κ1) is 52.3. The summed E-state index contributed by atoms with van der Waals surface area (Å²) >= 11 is 6.80. The number of hydrogen-bond acceptors (Lipinski definition) is 12. The lowest BCUT2D eigenvalue weighted by molar-refractivity contribution is 0.468. The molecule has 77 heavy (non-hydrogen) atoms. The number of halogens is 2. The molecular weight excluding hydrogens is 1170 g/mol. The van der Waals surface area contributed by atoms with Gasteiger partial charge in [-0.2, -0.15) is 0 Å². The maximum atomic E-state index is 13.6. The highest BCUT2D eigenvalue weighted by Crippen LogP contribution is 2.35. The van der Waals surface area contributed by atoms with Crippen LogP contribution in [-0.4, -0.2) is 25.3 Å². The highest BCUT2D eigenvalue weighted by atomic mass is 79.9. The first-order valence-electron chi connectivity index (χ1n) is 23.3. The number of hydrogen-bond donors (Lipinski definition) is 0. The lowest BCUT2D eigenvalue weighted by Crippen LogP contribution is -2.02. The van der Waals surface area contributed by atoms with Crippen molar-refractivity contribution in [3.8, 4) is 69.0 Å². The van der Waals surface area contributed by atoms with Gasteiger partial charge in [-0.1, -0.05) is 37.9 Å². The molecule has 12 nitrogen and oxygen atoms in total. The van der Waals surface area contributed by atoms with E-state index >= 15 is 0 Å². The van der Waals surface area contributed by atoms with Crippen LogP contribution in [0.15, 0.2) is 281 Å². The number of benzene rings is 10. The Morgan fingerprint density at radius 2 is 0.390 bits per heavy atom. The van der Waals surface area contributed by atoms with Gasteiger partial charge < -0.3 is 28.4 Å². The molecule has 0 radical (unpaired) electrons. The van der Waals surface area contributed by atoms with E-state index in [1.165, 1.54) is 72.8 Å². The van der Waals surface area contributed by atoms with Gasteiger partial charge in [0.1, 0.15) is 69.0 Å². The molecule has 0 aliphatic heterocycles. The topological polar surface area (TPSA) is 158 Å². The van der Waals surface area contributed by atoms with E-state index in [-0.39, 0.29) is 29.4 Å². The predicted molar refractivity (Wildman–Crippen MR) is 297 cm³/mol. The molecule has 0 saturated heterocycles. The van der Waals surface area contributed by atoms with Crippen LogP contribution >= 0.6 is 31.9 Å². The lowest BCUT2D eigenvalue weighted by atomic mass is 10.3. The third-order valence-corrected chi connectivity index (χ3v) is 17.9. The van der Waals surface area contributed by atoms with Gasteiger partial charge in [0.2, 0.25) is 29.5 Å². The van der Waals surface area contributed by atoms with Gasteiger partial charge in [0.25, 0.3) is 0 Å². The Morgan fingerprint density at radius 3 is 0.597 bits per heavy atom. The van der Waals surface area contributed by atoms with Gasteiger partial charge in [-0.25, -0.2) is 25.3 Å². The van der Waals surface area contributed by atoms with Crippen LogP contribution in [0.4, 0.5) is 0 Å². The van der Waals surface area contributed by atoms with Gasteiger partial charge in [-0.05, 0) is 237 Å². The van der Waals surface area contributed by atoms with Crippen molar-refractivity contribution < 1.29 is 53.7 Å². The molecule has 0 atom stereocenters. The third kappa shape index (κ3) is 12.7. The highest BCUT2D eigenvalue weighted by molar-refractivity contribution is 9.10. The highest BCUT2D eigenvalue weighted by Gasteiger charge is 2.21. The van der Waals surface area contributed by atoms with E-state index in [1.54, 1.807) is 140 Å². The average molecular weight is 1210 g/mol. The molecule has 384 valence electrons. The Kier molecular flexibility index (Phi) is 15.3. The van der Waals surface area contributed by atoms with Gasteiger partial charge in [-0.3, -0.25) is 0 Å². The summed E-state index contributed by atoms with van der Waals surface area (Å²) in [5, 5.41) is 0. The molecular formula is C60H40Br2O12S3. The van der Waals surface area contributed by atoms with Crippen molar-refractivity contribution in [1.82, 2.24) is 0 Å². The molecule has 0 spiro atoms. The molecule has 10 aromatic carbocycles. The molecule has 0 heterocycles. The second-order valence-corrected chi connectivity index (χ2v) is 24.5. The fourth-order valence-corrected chi connectivity index (χ4v) is 12.0. The van der Waals surface area contributed by atoms with Crippen molar-refractivity contribution in [2.75, 3.05) is 0 Å². The van der Waals surface area contributed by atoms with Crippen LogP contribution in [0.5, 0.6) is 69.0 Å². The molecule has 0 N–H and O–H groups in total. The minimum atomic E-state index is -3.89. The SMILES string of the molecule is O=S(=O)(c1ccc(Oc2ccc(Br)cc2)cc1)c1ccc(Oc2ccc(Oc3ccc(S(=O)(=O)c4ccc(Oc5ccc(Oc6ccc(S(=O)(=O)c7ccc(Oc8cccc(Br)c8)cc7)cc6)cc5)cc4)cc3)cc2)cc1. The minimum absolute atomic E-state index is 0.0712. The van der Waals surface area contributed by atoms with E-state index < -0.39 is 29.5 Å². The van der Waals surface area contributed by atoms with Crippen LogP contribution < -0.4 is 28.4 Å². The van der Waals surface area contributed by atoms with Gasteiger partial charge in [0, 0.05) is 8.95 Å². The maximum Gasteiger partial charge on any atom is 0.206 e. The summed E-state index contributed by atoms with van der Waals surface area (Å²) in [5.41, 5.74) is 0. The molecule has 0 aliphatic rings. The van der Waals surface area contributed by atoms with Gasteiger partial charge >= 0.3 is 0 Å². The van der Waals surface area contributed by atoms with E-state index in [0.717, 1.165) is 8.95 Å². The lowest BCUT2D eigenvalue weighted by Gasteiger charge is -2.11. The first-order valence-corrected chi connectivity index (χ1v) is 29.3. The molecule has 0 amide bonds. The third-order valence-electron chi connectivity index (χ3n) is 11.5. The molecule has 0 aromatic heterocycles. The van der Waals surface area contributed by atoms with E-state index in [0.29, 0.717) is 69.0 Å². The fraction of sp³-hybridized carbons (Fsp3) is 0. The molecule has 0 unspecified atom stereocenters. The Bertz CT molecular complexity index is 4020.